The number of benzene rings is 1. The summed E-state index contributed by atoms with van der Waals surface area (Å²) in [6, 6.07) is 4.36. The lowest BCUT2D eigenvalue weighted by molar-refractivity contribution is 0.282. The lowest BCUT2D eigenvalue weighted by Gasteiger charge is -2.09. The van der Waals surface area contributed by atoms with E-state index in [1.54, 1.807) is 6.07 Å². The summed E-state index contributed by atoms with van der Waals surface area (Å²) in [6.45, 7) is 0.517. The van der Waals surface area contributed by atoms with E-state index in [-0.39, 0.29) is 16.5 Å². The third-order valence-electron chi connectivity index (χ3n) is 2.62. The first-order valence-corrected chi connectivity index (χ1v) is 7.99. The van der Waals surface area contributed by atoms with Crippen molar-refractivity contribution in [3.05, 3.63) is 23.2 Å². The minimum absolute atomic E-state index is 0.00419. The number of aliphatic hydroxyl groups is 1. The van der Waals surface area contributed by atoms with E-state index < -0.39 is 10.0 Å². The number of nitrogen functional groups attached to an aromatic ring is 1. The molecule has 0 heterocycles. The van der Waals surface area contributed by atoms with Gasteiger partial charge in [-0.25, -0.2) is 13.1 Å². The Labute approximate surface area is 118 Å². The van der Waals surface area contributed by atoms with E-state index >= 15 is 0 Å². The van der Waals surface area contributed by atoms with Crippen LogP contribution in [0.4, 0.5) is 5.69 Å². The van der Waals surface area contributed by atoms with Crippen LogP contribution in [-0.2, 0) is 10.0 Å². The zero-order chi connectivity index (χ0) is 14.3. The summed E-state index contributed by atoms with van der Waals surface area (Å²) >= 11 is 5.86. The highest BCUT2D eigenvalue weighted by Gasteiger charge is 2.17. The summed E-state index contributed by atoms with van der Waals surface area (Å²) in [5, 5.41) is 8.77. The van der Waals surface area contributed by atoms with Crippen LogP contribution < -0.4 is 10.5 Å². The maximum Gasteiger partial charge on any atom is 0.242 e. The van der Waals surface area contributed by atoms with E-state index in [0.29, 0.717) is 12.2 Å². The van der Waals surface area contributed by atoms with Crippen LogP contribution in [0.15, 0.2) is 23.1 Å². The summed E-state index contributed by atoms with van der Waals surface area (Å²) in [4.78, 5) is 0.00419. The Hall–Kier alpha value is -0.820. The Morgan fingerprint density at radius 3 is 2.58 bits per heavy atom. The molecule has 7 heteroatoms. The molecule has 19 heavy (non-hydrogen) atoms. The number of nitrogens with one attached hydrogen (secondary N) is 1. The lowest BCUT2D eigenvalue weighted by atomic mass is 10.2. The van der Waals surface area contributed by atoms with Gasteiger partial charge in [-0.2, -0.15) is 0 Å². The molecule has 1 rings (SSSR count). The Kier molecular flexibility index (Phi) is 6.57. The maximum absolute atomic E-state index is 12.0. The molecular weight excluding hydrogens is 288 g/mol. The molecule has 0 spiro atoms. The van der Waals surface area contributed by atoms with Crippen molar-refractivity contribution >= 4 is 27.3 Å². The molecule has 0 aliphatic heterocycles. The van der Waals surface area contributed by atoms with Crippen LogP contribution in [0.3, 0.4) is 0 Å². The Morgan fingerprint density at radius 1 is 1.21 bits per heavy atom. The molecule has 0 bridgehead atoms. The minimum Gasteiger partial charge on any atom is -0.399 e. The Morgan fingerprint density at radius 2 is 1.89 bits per heavy atom. The second kappa shape index (κ2) is 7.69. The minimum atomic E-state index is -3.62. The van der Waals surface area contributed by atoms with Crippen molar-refractivity contribution < 1.29 is 13.5 Å². The third-order valence-corrected chi connectivity index (χ3v) is 4.56. The monoisotopic (exact) mass is 306 g/mol. The van der Waals surface area contributed by atoms with Gasteiger partial charge in [0.1, 0.15) is 4.90 Å². The predicted molar refractivity (Wildman–Crippen MR) is 76.6 cm³/mol. The molecule has 0 fully saturated rings. The first kappa shape index (κ1) is 16.2. The van der Waals surface area contributed by atoms with Gasteiger partial charge < -0.3 is 10.8 Å². The summed E-state index contributed by atoms with van der Waals surface area (Å²) < 4.78 is 26.5. The first-order valence-electron chi connectivity index (χ1n) is 6.13. The molecule has 0 radical (unpaired) electrons. The van der Waals surface area contributed by atoms with Gasteiger partial charge in [-0.1, -0.05) is 24.4 Å². The van der Waals surface area contributed by atoms with Gasteiger partial charge in [0, 0.05) is 18.8 Å². The van der Waals surface area contributed by atoms with Crippen molar-refractivity contribution in [2.24, 2.45) is 0 Å². The number of anilines is 1. The highest BCUT2D eigenvalue weighted by atomic mass is 35.5. The highest BCUT2D eigenvalue weighted by molar-refractivity contribution is 7.89. The van der Waals surface area contributed by atoms with Crippen molar-refractivity contribution in [1.82, 2.24) is 4.72 Å². The van der Waals surface area contributed by atoms with Crippen LogP contribution in [0.25, 0.3) is 0 Å². The number of rotatable bonds is 8. The van der Waals surface area contributed by atoms with E-state index in [2.05, 4.69) is 4.72 Å². The van der Waals surface area contributed by atoms with Crippen molar-refractivity contribution in [1.29, 1.82) is 0 Å². The Balaban J connectivity index is 2.54. The van der Waals surface area contributed by atoms with Gasteiger partial charge in [0.05, 0.1) is 5.02 Å². The van der Waals surface area contributed by atoms with Gasteiger partial charge >= 0.3 is 0 Å². The molecule has 0 atom stereocenters. The average Bonchev–Trinajstić information content (AvgIpc) is 2.36. The van der Waals surface area contributed by atoms with Crippen molar-refractivity contribution in [3.63, 3.8) is 0 Å². The molecule has 0 aliphatic carbocycles. The first-order chi connectivity index (χ1) is 8.97. The van der Waals surface area contributed by atoms with Gasteiger partial charge in [-0.15, -0.1) is 0 Å². The number of hydrogen-bond acceptors (Lipinski definition) is 4. The quantitative estimate of drug-likeness (QED) is 0.504. The smallest absolute Gasteiger partial charge is 0.242 e. The topological polar surface area (TPSA) is 92.4 Å². The molecule has 5 nitrogen and oxygen atoms in total. The molecule has 0 saturated heterocycles. The summed E-state index contributed by atoms with van der Waals surface area (Å²) in [5.74, 6) is 0. The molecule has 1 aromatic carbocycles. The molecule has 0 aliphatic rings. The predicted octanol–water partition coefficient (Wildman–Crippen LogP) is 1.75. The normalized spacial score (nSPS) is 11.7. The van der Waals surface area contributed by atoms with Crippen LogP contribution >= 0.6 is 11.6 Å². The van der Waals surface area contributed by atoms with E-state index in [1.165, 1.54) is 12.1 Å². The Bertz CT molecular complexity index is 506. The van der Waals surface area contributed by atoms with Crippen LogP contribution in [0.5, 0.6) is 0 Å². The largest absolute Gasteiger partial charge is 0.399 e. The lowest BCUT2D eigenvalue weighted by Crippen LogP contribution is -2.25. The number of hydrogen-bond donors (Lipinski definition) is 3. The summed E-state index contributed by atoms with van der Waals surface area (Å²) in [7, 11) is -3.62. The molecule has 0 aromatic heterocycles. The number of nitrogens with two attached hydrogens (primary N) is 1. The molecule has 0 saturated carbocycles. The maximum atomic E-state index is 12.0. The fraction of sp³-hybridized carbons (Fsp3) is 0.500. The van der Waals surface area contributed by atoms with E-state index in [0.717, 1.165) is 25.7 Å². The summed E-state index contributed by atoms with van der Waals surface area (Å²) in [6.07, 6.45) is 3.22. The van der Waals surface area contributed by atoms with Crippen LogP contribution in [0.1, 0.15) is 25.7 Å². The number of halogens is 1. The molecule has 0 amide bonds. The molecule has 4 N–H and O–H groups in total. The zero-order valence-electron chi connectivity index (χ0n) is 10.6. The third kappa shape index (κ3) is 5.36. The standard InChI is InChI=1S/C12H19ClN2O3S/c13-11-6-5-10(14)9-12(11)19(17,18)15-7-3-1-2-4-8-16/h5-6,9,15-16H,1-4,7-8,14H2. The second-order valence-corrected chi connectivity index (χ2v) is 6.37. The molecule has 0 unspecified atom stereocenters. The van der Waals surface area contributed by atoms with Gasteiger partial charge in [0.15, 0.2) is 0 Å². The van der Waals surface area contributed by atoms with Gasteiger partial charge in [0.2, 0.25) is 10.0 Å². The number of aliphatic hydroxyl groups excluding tert-OH is 1. The van der Waals surface area contributed by atoms with E-state index in [1.807, 2.05) is 0 Å². The number of unbranched alkanes of at least 4 members (excludes halogenated alkanes) is 3. The van der Waals surface area contributed by atoms with Crippen molar-refractivity contribution in [2.45, 2.75) is 30.6 Å². The van der Waals surface area contributed by atoms with E-state index in [4.69, 9.17) is 22.4 Å². The van der Waals surface area contributed by atoms with Gasteiger partial charge in [-0.05, 0) is 31.0 Å². The fourth-order valence-electron chi connectivity index (χ4n) is 1.60. The SMILES string of the molecule is Nc1ccc(Cl)c(S(=O)(=O)NCCCCCCO)c1. The van der Waals surface area contributed by atoms with Crippen LogP contribution in [-0.4, -0.2) is 26.7 Å². The number of sulfonamides is 1. The highest BCUT2D eigenvalue weighted by Crippen LogP contribution is 2.23. The fourth-order valence-corrected chi connectivity index (χ4v) is 3.21. The average molecular weight is 307 g/mol. The van der Waals surface area contributed by atoms with Crippen molar-refractivity contribution in [2.75, 3.05) is 18.9 Å². The second-order valence-electron chi connectivity index (χ2n) is 4.23. The van der Waals surface area contributed by atoms with Crippen LogP contribution in [0, 0.1) is 0 Å². The van der Waals surface area contributed by atoms with E-state index in [9.17, 15) is 8.42 Å². The van der Waals surface area contributed by atoms with Gasteiger partial charge in [-0.3, -0.25) is 0 Å². The summed E-state index contributed by atoms with van der Waals surface area (Å²) in [5.41, 5.74) is 5.91. The molecular formula is C12H19ClN2O3S. The zero-order valence-corrected chi connectivity index (χ0v) is 12.2. The molecule has 108 valence electrons. The van der Waals surface area contributed by atoms with Crippen LogP contribution in [0.2, 0.25) is 5.02 Å². The van der Waals surface area contributed by atoms with Gasteiger partial charge in [0.25, 0.3) is 0 Å². The van der Waals surface area contributed by atoms with Crippen molar-refractivity contribution in [3.8, 4) is 0 Å². The molecule has 1 aromatic rings.